The number of hydrogen-bond donors (Lipinski definition) is 0. The predicted molar refractivity (Wildman–Crippen MR) is 60.3 cm³/mol. The van der Waals surface area contributed by atoms with Crippen molar-refractivity contribution < 1.29 is 9.53 Å². The summed E-state index contributed by atoms with van der Waals surface area (Å²) >= 11 is 0. The van der Waals surface area contributed by atoms with Crippen LogP contribution in [0.1, 0.15) is 5.69 Å². The van der Waals surface area contributed by atoms with E-state index in [9.17, 15) is 4.79 Å². The van der Waals surface area contributed by atoms with E-state index in [0.717, 1.165) is 5.69 Å². The Morgan fingerprint density at radius 3 is 2.82 bits per heavy atom. The third kappa shape index (κ3) is 2.49. The predicted octanol–water partition coefficient (Wildman–Crippen LogP) is 0.792. The SMILES string of the molecule is COC(=O)C#Cc1cnnn1-c1ccccc1. The zero-order chi connectivity index (χ0) is 12.1. The summed E-state index contributed by atoms with van der Waals surface area (Å²) in [6.45, 7) is 0. The number of carbonyl (C=O) groups excluding carboxylic acids is 1. The number of nitrogens with zero attached hydrogens (tertiary/aromatic N) is 3. The van der Waals surface area contributed by atoms with Gasteiger partial charge in [0.2, 0.25) is 0 Å². The molecule has 0 atom stereocenters. The lowest BCUT2D eigenvalue weighted by Gasteiger charge is -2.00. The van der Waals surface area contributed by atoms with Crippen molar-refractivity contribution in [2.24, 2.45) is 0 Å². The van der Waals surface area contributed by atoms with Gasteiger partial charge in [-0.3, -0.25) is 0 Å². The molecule has 0 saturated carbocycles. The number of benzene rings is 1. The average molecular weight is 227 g/mol. The summed E-state index contributed by atoms with van der Waals surface area (Å²) in [5, 5.41) is 7.66. The van der Waals surface area contributed by atoms with Gasteiger partial charge in [0.25, 0.3) is 0 Å². The molecular weight excluding hydrogens is 218 g/mol. The lowest BCUT2D eigenvalue weighted by atomic mass is 10.3. The van der Waals surface area contributed by atoms with E-state index in [-0.39, 0.29) is 0 Å². The molecule has 2 rings (SSSR count). The van der Waals surface area contributed by atoms with Crippen molar-refractivity contribution in [3.63, 3.8) is 0 Å². The third-order valence-corrected chi connectivity index (χ3v) is 2.03. The van der Waals surface area contributed by atoms with Crippen molar-refractivity contribution in [2.45, 2.75) is 0 Å². The van der Waals surface area contributed by atoms with E-state index < -0.39 is 5.97 Å². The molecular formula is C12H9N3O2. The maximum atomic E-state index is 10.9. The summed E-state index contributed by atoms with van der Waals surface area (Å²) < 4.78 is 5.98. The van der Waals surface area contributed by atoms with E-state index in [1.165, 1.54) is 13.3 Å². The lowest BCUT2D eigenvalue weighted by Crippen LogP contribution is -2.00. The standard InChI is InChI=1S/C12H9N3O2/c1-17-12(16)8-7-11-9-13-14-15(11)10-5-3-2-4-6-10/h2-6,9H,1H3. The molecule has 5 nitrogen and oxygen atoms in total. The summed E-state index contributed by atoms with van der Waals surface area (Å²) in [4.78, 5) is 10.9. The zero-order valence-electron chi connectivity index (χ0n) is 9.12. The van der Waals surface area contributed by atoms with Gasteiger partial charge in [-0.05, 0) is 18.1 Å². The number of ether oxygens (including phenoxy) is 1. The first-order chi connectivity index (χ1) is 8.31. The van der Waals surface area contributed by atoms with E-state index in [1.54, 1.807) is 4.68 Å². The van der Waals surface area contributed by atoms with Crippen molar-refractivity contribution in [3.05, 3.63) is 42.2 Å². The fraction of sp³-hybridized carbons (Fsp3) is 0.0833. The minimum atomic E-state index is -0.592. The van der Waals surface area contributed by atoms with Crippen LogP contribution in [0.4, 0.5) is 0 Å². The molecule has 0 amide bonds. The van der Waals surface area contributed by atoms with Crippen LogP contribution in [-0.4, -0.2) is 28.1 Å². The molecule has 1 heterocycles. The van der Waals surface area contributed by atoms with Gasteiger partial charge in [0, 0.05) is 5.92 Å². The second kappa shape index (κ2) is 4.94. The number of esters is 1. The van der Waals surface area contributed by atoms with E-state index >= 15 is 0 Å². The molecule has 0 bridgehead atoms. The average Bonchev–Trinajstić information content (AvgIpc) is 2.85. The molecule has 0 spiro atoms. The van der Waals surface area contributed by atoms with Crippen LogP contribution in [0.5, 0.6) is 0 Å². The van der Waals surface area contributed by atoms with E-state index in [0.29, 0.717) is 5.69 Å². The summed E-state index contributed by atoms with van der Waals surface area (Å²) in [5.41, 5.74) is 1.36. The molecule has 17 heavy (non-hydrogen) atoms. The number of para-hydroxylation sites is 1. The first kappa shape index (κ1) is 10.9. The summed E-state index contributed by atoms with van der Waals surface area (Å²) in [6.07, 6.45) is 1.49. The third-order valence-electron chi connectivity index (χ3n) is 2.03. The monoisotopic (exact) mass is 227 g/mol. The molecule has 0 aliphatic carbocycles. The van der Waals surface area contributed by atoms with Crippen LogP contribution in [-0.2, 0) is 9.53 Å². The first-order valence-corrected chi connectivity index (χ1v) is 4.87. The molecule has 1 aromatic heterocycles. The Labute approximate surface area is 98.0 Å². The summed E-state index contributed by atoms with van der Waals surface area (Å²) in [5.74, 6) is 4.40. The molecule has 1 aromatic carbocycles. The van der Waals surface area contributed by atoms with Crippen molar-refractivity contribution in [2.75, 3.05) is 7.11 Å². The highest BCUT2D eigenvalue weighted by molar-refractivity contribution is 5.88. The Morgan fingerprint density at radius 1 is 1.35 bits per heavy atom. The molecule has 2 aromatic rings. The molecule has 0 radical (unpaired) electrons. The minimum absolute atomic E-state index is 0.529. The highest BCUT2D eigenvalue weighted by Crippen LogP contribution is 2.07. The Balaban J connectivity index is 2.35. The van der Waals surface area contributed by atoms with Crippen LogP contribution in [0.15, 0.2) is 36.5 Å². The Bertz CT molecular complexity index is 579. The lowest BCUT2D eigenvalue weighted by molar-refractivity contribution is -0.133. The Hall–Kier alpha value is -2.61. The Morgan fingerprint density at radius 2 is 2.12 bits per heavy atom. The van der Waals surface area contributed by atoms with E-state index in [1.807, 2.05) is 30.3 Å². The van der Waals surface area contributed by atoms with Crippen molar-refractivity contribution >= 4 is 5.97 Å². The number of rotatable bonds is 1. The van der Waals surface area contributed by atoms with Crippen LogP contribution in [0.3, 0.4) is 0 Å². The van der Waals surface area contributed by atoms with Gasteiger partial charge < -0.3 is 4.74 Å². The fourth-order valence-corrected chi connectivity index (χ4v) is 1.25. The molecule has 5 heteroatoms. The van der Waals surface area contributed by atoms with Crippen molar-refractivity contribution in [1.82, 2.24) is 15.0 Å². The van der Waals surface area contributed by atoms with E-state index in [2.05, 4.69) is 26.9 Å². The number of carbonyl (C=O) groups is 1. The van der Waals surface area contributed by atoms with Gasteiger partial charge in [0.1, 0.15) is 5.69 Å². The van der Waals surface area contributed by atoms with E-state index in [4.69, 9.17) is 0 Å². The second-order valence-corrected chi connectivity index (χ2v) is 3.11. The van der Waals surface area contributed by atoms with Gasteiger partial charge in [-0.1, -0.05) is 23.4 Å². The quantitative estimate of drug-likeness (QED) is 0.534. The molecule has 0 aliphatic heterocycles. The van der Waals surface area contributed by atoms with Crippen LogP contribution >= 0.6 is 0 Å². The molecule has 0 aliphatic rings. The van der Waals surface area contributed by atoms with Crippen LogP contribution in [0, 0.1) is 11.8 Å². The van der Waals surface area contributed by atoms with Gasteiger partial charge >= 0.3 is 5.97 Å². The number of methoxy groups -OCH3 is 1. The fourth-order valence-electron chi connectivity index (χ4n) is 1.25. The van der Waals surface area contributed by atoms with Gasteiger partial charge in [0.15, 0.2) is 0 Å². The largest absolute Gasteiger partial charge is 0.459 e. The van der Waals surface area contributed by atoms with Gasteiger partial charge in [-0.15, -0.1) is 5.10 Å². The first-order valence-electron chi connectivity index (χ1n) is 4.87. The van der Waals surface area contributed by atoms with Crippen LogP contribution < -0.4 is 0 Å². The van der Waals surface area contributed by atoms with Gasteiger partial charge in [-0.2, -0.15) is 0 Å². The van der Waals surface area contributed by atoms with Crippen molar-refractivity contribution in [1.29, 1.82) is 0 Å². The topological polar surface area (TPSA) is 57.0 Å². The molecule has 0 unspecified atom stereocenters. The second-order valence-electron chi connectivity index (χ2n) is 3.11. The Kier molecular flexibility index (Phi) is 3.17. The smallest absolute Gasteiger partial charge is 0.384 e. The number of hydrogen-bond acceptors (Lipinski definition) is 4. The minimum Gasteiger partial charge on any atom is -0.459 e. The normalized spacial score (nSPS) is 9.24. The molecule has 0 N–H and O–H groups in total. The van der Waals surface area contributed by atoms with Gasteiger partial charge in [-0.25, -0.2) is 9.48 Å². The van der Waals surface area contributed by atoms with Crippen molar-refractivity contribution in [3.8, 4) is 17.5 Å². The number of aromatic nitrogens is 3. The molecule has 0 fully saturated rings. The highest BCUT2D eigenvalue weighted by atomic mass is 16.5. The van der Waals surface area contributed by atoms with Gasteiger partial charge in [0.05, 0.1) is 19.0 Å². The van der Waals surface area contributed by atoms with Crippen LogP contribution in [0.25, 0.3) is 5.69 Å². The summed E-state index contributed by atoms with van der Waals surface area (Å²) in [6, 6.07) is 9.42. The summed E-state index contributed by atoms with van der Waals surface area (Å²) in [7, 11) is 1.28. The van der Waals surface area contributed by atoms with Crippen LogP contribution in [0.2, 0.25) is 0 Å². The molecule has 84 valence electrons. The zero-order valence-corrected chi connectivity index (χ0v) is 9.12. The molecule has 0 saturated heterocycles. The maximum absolute atomic E-state index is 10.9. The maximum Gasteiger partial charge on any atom is 0.384 e. The highest BCUT2D eigenvalue weighted by Gasteiger charge is 2.03.